The minimum absolute atomic E-state index is 0.168. The largest absolute Gasteiger partial charge is 0.440 e. The Morgan fingerprint density at radius 2 is 1.62 bits per heavy atom. The molecule has 3 amide bonds. The van der Waals surface area contributed by atoms with Gasteiger partial charge in [-0.1, -0.05) is 30.3 Å². The maximum absolute atomic E-state index is 13.7. The third kappa shape index (κ3) is 3.07. The van der Waals surface area contributed by atoms with E-state index in [9.17, 15) is 27.2 Å². The van der Waals surface area contributed by atoms with Gasteiger partial charge in [-0.2, -0.15) is 13.2 Å². The lowest BCUT2D eigenvalue weighted by molar-refractivity contribution is -0.188. The first-order valence-electron chi connectivity index (χ1n) is 7.51. The van der Waals surface area contributed by atoms with Crippen molar-refractivity contribution in [2.75, 3.05) is 5.32 Å². The fourth-order valence-corrected chi connectivity index (χ4v) is 2.58. The van der Waals surface area contributed by atoms with Gasteiger partial charge in [-0.15, -0.1) is 0 Å². The number of rotatable bonds is 4. The molecule has 1 fully saturated rings. The molecule has 2 N–H and O–H groups in total. The maximum atomic E-state index is 13.7. The summed E-state index contributed by atoms with van der Waals surface area (Å²) in [6, 6.07) is 10.9. The average molecular weight is 367 g/mol. The molecule has 0 saturated carbocycles. The number of nitrogens with zero attached hydrogens (tertiary/aromatic N) is 1. The van der Waals surface area contributed by atoms with Crippen molar-refractivity contribution in [1.29, 1.82) is 0 Å². The summed E-state index contributed by atoms with van der Waals surface area (Å²) in [5.41, 5.74) is -2.99. The van der Waals surface area contributed by atoms with Crippen molar-refractivity contribution in [2.45, 2.75) is 18.4 Å². The van der Waals surface area contributed by atoms with Crippen LogP contribution in [0.5, 0.6) is 0 Å². The van der Waals surface area contributed by atoms with Crippen molar-refractivity contribution in [1.82, 2.24) is 10.2 Å². The van der Waals surface area contributed by atoms with E-state index in [1.807, 2.05) is 5.32 Å². The zero-order chi connectivity index (χ0) is 18.9. The molecule has 5 nitrogen and oxygen atoms in total. The number of imide groups is 1. The number of nitrogens with one attached hydrogen (secondary N) is 2. The Labute approximate surface area is 145 Å². The summed E-state index contributed by atoms with van der Waals surface area (Å²) in [6.07, 6.45) is -5.13. The Morgan fingerprint density at radius 1 is 1.00 bits per heavy atom. The van der Waals surface area contributed by atoms with E-state index in [4.69, 9.17) is 0 Å². The predicted molar refractivity (Wildman–Crippen MR) is 84.3 cm³/mol. The van der Waals surface area contributed by atoms with Crippen LogP contribution >= 0.6 is 0 Å². The Hall–Kier alpha value is -3.10. The van der Waals surface area contributed by atoms with Crippen LogP contribution in [0, 0.1) is 5.82 Å². The summed E-state index contributed by atoms with van der Waals surface area (Å²) in [4.78, 5) is 25.1. The van der Waals surface area contributed by atoms with E-state index >= 15 is 0 Å². The molecule has 1 aliphatic heterocycles. The first-order chi connectivity index (χ1) is 12.2. The number of urea groups is 1. The second-order valence-electron chi connectivity index (χ2n) is 5.69. The van der Waals surface area contributed by atoms with Crippen LogP contribution in [-0.4, -0.2) is 28.7 Å². The lowest BCUT2D eigenvalue weighted by Gasteiger charge is -2.30. The number of hydrogen-bond donors (Lipinski definition) is 2. The van der Waals surface area contributed by atoms with E-state index in [0.29, 0.717) is 10.5 Å². The number of carbonyl (C=O) groups is 2. The van der Waals surface area contributed by atoms with E-state index < -0.39 is 29.6 Å². The van der Waals surface area contributed by atoms with Crippen LogP contribution in [-0.2, 0) is 11.3 Å². The van der Waals surface area contributed by atoms with Gasteiger partial charge in [-0.05, 0) is 29.8 Å². The monoisotopic (exact) mass is 367 g/mol. The molecule has 2 aromatic rings. The van der Waals surface area contributed by atoms with Gasteiger partial charge in [0.25, 0.3) is 11.6 Å². The summed E-state index contributed by atoms with van der Waals surface area (Å²) >= 11 is 0. The predicted octanol–water partition coefficient (Wildman–Crippen LogP) is 3.25. The van der Waals surface area contributed by atoms with Crippen LogP contribution in [0.25, 0.3) is 0 Å². The highest BCUT2D eigenvalue weighted by Gasteiger charge is 2.68. The zero-order valence-corrected chi connectivity index (χ0v) is 13.2. The third-order valence-electron chi connectivity index (χ3n) is 3.89. The summed E-state index contributed by atoms with van der Waals surface area (Å²) in [6.45, 7) is -0.311. The fourth-order valence-electron chi connectivity index (χ4n) is 2.58. The molecule has 136 valence electrons. The lowest BCUT2D eigenvalue weighted by Crippen LogP contribution is -2.64. The van der Waals surface area contributed by atoms with Crippen LogP contribution in [0.4, 0.5) is 28.0 Å². The molecule has 2 aromatic carbocycles. The van der Waals surface area contributed by atoms with Crippen LogP contribution in [0.2, 0.25) is 0 Å². The number of anilines is 1. The molecule has 1 heterocycles. The van der Waals surface area contributed by atoms with Gasteiger partial charge in [-0.25, -0.2) is 9.18 Å². The van der Waals surface area contributed by atoms with Crippen molar-refractivity contribution < 1.29 is 27.2 Å². The number of hydrogen-bond acceptors (Lipinski definition) is 3. The average Bonchev–Trinajstić information content (AvgIpc) is 2.83. The van der Waals surface area contributed by atoms with Gasteiger partial charge in [-0.3, -0.25) is 15.0 Å². The molecule has 1 aliphatic rings. The highest BCUT2D eigenvalue weighted by molar-refractivity contribution is 6.08. The van der Waals surface area contributed by atoms with E-state index in [2.05, 4.69) is 0 Å². The molecule has 0 aliphatic carbocycles. The van der Waals surface area contributed by atoms with Gasteiger partial charge in [0.05, 0.1) is 6.54 Å². The summed E-state index contributed by atoms with van der Waals surface area (Å²) in [5.74, 6) is -2.13. The third-order valence-corrected chi connectivity index (χ3v) is 3.89. The minimum Gasteiger partial charge on any atom is -0.347 e. The summed E-state index contributed by atoms with van der Waals surface area (Å²) < 4.78 is 54.1. The van der Waals surface area contributed by atoms with Gasteiger partial charge in [0, 0.05) is 5.69 Å². The molecular formula is C17H13F4N3O2. The molecule has 9 heteroatoms. The second kappa shape index (κ2) is 6.32. The zero-order valence-electron chi connectivity index (χ0n) is 13.2. The first-order valence-corrected chi connectivity index (χ1v) is 7.51. The molecule has 0 radical (unpaired) electrons. The standard InChI is InChI=1S/C17H13F4N3O2/c18-12-6-8-13(9-7-12)22-16(17(19,20)21)14(25)24(15(26)23-16)10-11-4-2-1-3-5-11/h1-9,22H,10H2,(H,23,26)/t16-/m0/s1. The number of amides is 3. The number of carbonyl (C=O) groups excluding carboxylic acids is 2. The smallest absolute Gasteiger partial charge is 0.347 e. The first kappa shape index (κ1) is 17.7. The molecule has 0 unspecified atom stereocenters. The molecule has 26 heavy (non-hydrogen) atoms. The second-order valence-corrected chi connectivity index (χ2v) is 5.69. The number of alkyl halides is 3. The van der Waals surface area contributed by atoms with Gasteiger partial charge in [0.2, 0.25) is 0 Å². The highest BCUT2D eigenvalue weighted by atomic mass is 19.4. The van der Waals surface area contributed by atoms with Crippen molar-refractivity contribution in [3.05, 3.63) is 66.0 Å². The van der Waals surface area contributed by atoms with Crippen molar-refractivity contribution in [3.63, 3.8) is 0 Å². The Kier molecular flexibility index (Phi) is 4.31. The van der Waals surface area contributed by atoms with Crippen molar-refractivity contribution in [2.24, 2.45) is 0 Å². The fraction of sp³-hybridized carbons (Fsp3) is 0.176. The molecule has 1 atom stereocenters. The quantitative estimate of drug-likeness (QED) is 0.644. The van der Waals surface area contributed by atoms with Crippen LogP contribution < -0.4 is 10.6 Å². The number of benzene rings is 2. The normalized spacial score (nSPS) is 20.2. The van der Waals surface area contributed by atoms with Gasteiger partial charge >= 0.3 is 12.2 Å². The van der Waals surface area contributed by atoms with E-state index in [-0.39, 0.29) is 12.2 Å². The summed E-state index contributed by atoms with van der Waals surface area (Å²) in [7, 11) is 0. The molecule has 0 aromatic heterocycles. The molecule has 1 saturated heterocycles. The van der Waals surface area contributed by atoms with Crippen LogP contribution in [0.3, 0.4) is 0 Å². The van der Waals surface area contributed by atoms with Crippen LogP contribution in [0.1, 0.15) is 5.56 Å². The van der Waals surface area contributed by atoms with Gasteiger partial charge < -0.3 is 5.32 Å². The Bertz CT molecular complexity index is 824. The molecule has 3 rings (SSSR count). The lowest BCUT2D eigenvalue weighted by atomic mass is 10.1. The Morgan fingerprint density at radius 3 is 2.19 bits per heavy atom. The van der Waals surface area contributed by atoms with Gasteiger partial charge in [0.1, 0.15) is 5.82 Å². The van der Waals surface area contributed by atoms with Crippen molar-refractivity contribution in [3.8, 4) is 0 Å². The maximum Gasteiger partial charge on any atom is 0.440 e. The van der Waals surface area contributed by atoms with E-state index in [1.54, 1.807) is 35.6 Å². The molecular weight excluding hydrogens is 354 g/mol. The van der Waals surface area contributed by atoms with E-state index in [0.717, 1.165) is 24.3 Å². The number of halogens is 4. The Balaban J connectivity index is 1.94. The summed E-state index contributed by atoms with van der Waals surface area (Å²) in [5, 5.41) is 3.70. The minimum atomic E-state index is -5.13. The highest BCUT2D eigenvalue weighted by Crippen LogP contribution is 2.37. The topological polar surface area (TPSA) is 61.4 Å². The van der Waals surface area contributed by atoms with Crippen LogP contribution in [0.15, 0.2) is 54.6 Å². The van der Waals surface area contributed by atoms with Crippen molar-refractivity contribution >= 4 is 17.6 Å². The van der Waals surface area contributed by atoms with E-state index in [1.165, 1.54) is 0 Å². The SMILES string of the molecule is O=C1N[C@](Nc2ccc(F)cc2)(C(F)(F)F)C(=O)N1Cc1ccccc1. The van der Waals surface area contributed by atoms with Gasteiger partial charge in [0.15, 0.2) is 0 Å². The molecule has 0 bridgehead atoms. The molecule has 0 spiro atoms.